The third-order valence-electron chi connectivity index (χ3n) is 4.56. The number of rotatable bonds is 4. The molecule has 0 N–H and O–H groups in total. The highest BCUT2D eigenvalue weighted by Gasteiger charge is 2.19. The van der Waals surface area contributed by atoms with Gasteiger partial charge in [-0.1, -0.05) is 18.2 Å². The van der Waals surface area contributed by atoms with Crippen molar-refractivity contribution in [2.24, 2.45) is 4.99 Å². The van der Waals surface area contributed by atoms with Gasteiger partial charge in [-0.2, -0.15) is 0 Å². The van der Waals surface area contributed by atoms with E-state index in [0.717, 1.165) is 36.5 Å². The van der Waals surface area contributed by atoms with Gasteiger partial charge in [0.2, 0.25) is 0 Å². The van der Waals surface area contributed by atoms with Gasteiger partial charge in [-0.25, -0.2) is 4.99 Å². The summed E-state index contributed by atoms with van der Waals surface area (Å²) in [6.45, 7) is 5.99. The van der Waals surface area contributed by atoms with E-state index in [9.17, 15) is 0 Å². The molecule has 0 bridgehead atoms. The highest BCUT2D eigenvalue weighted by Crippen LogP contribution is 2.27. The Morgan fingerprint density at radius 2 is 2.16 bits per heavy atom. The van der Waals surface area contributed by atoms with E-state index in [0.29, 0.717) is 6.10 Å². The van der Waals surface area contributed by atoms with Crippen LogP contribution in [0, 0.1) is 13.8 Å². The molecular weight excluding hydrogens is 348 g/mol. The molecule has 1 aromatic carbocycles. The first-order valence-electron chi connectivity index (χ1n) is 8.66. The van der Waals surface area contributed by atoms with E-state index >= 15 is 0 Å². The second kappa shape index (κ2) is 7.28. The molecule has 1 unspecified atom stereocenters. The molecule has 1 aliphatic heterocycles. The molecule has 3 aromatic rings. The Hall–Kier alpha value is -1.69. The Morgan fingerprint density at radius 1 is 1.24 bits per heavy atom. The highest BCUT2D eigenvalue weighted by molar-refractivity contribution is 7.14. The summed E-state index contributed by atoms with van der Waals surface area (Å²) in [5.41, 5.74) is 4.76. The lowest BCUT2D eigenvalue weighted by atomic mass is 10.1. The van der Waals surface area contributed by atoms with E-state index in [-0.39, 0.29) is 0 Å². The maximum absolute atomic E-state index is 5.89. The number of hydrogen-bond donors (Lipinski definition) is 0. The van der Waals surface area contributed by atoms with Crippen molar-refractivity contribution >= 4 is 28.4 Å². The van der Waals surface area contributed by atoms with Crippen molar-refractivity contribution in [2.45, 2.75) is 39.3 Å². The van der Waals surface area contributed by atoms with Crippen molar-refractivity contribution in [1.29, 1.82) is 0 Å². The zero-order valence-corrected chi connectivity index (χ0v) is 16.2. The molecule has 0 aliphatic carbocycles. The van der Waals surface area contributed by atoms with Crippen molar-refractivity contribution in [2.75, 3.05) is 6.61 Å². The SMILES string of the molecule is Cc1ccc(C)c(N=c2scc(-c3cccs3)n2CC2CCCO2)c1. The molecule has 0 amide bonds. The molecular formula is C20H22N2OS2. The van der Waals surface area contributed by atoms with Gasteiger partial charge >= 0.3 is 0 Å². The van der Waals surface area contributed by atoms with Crippen LogP contribution in [0.2, 0.25) is 0 Å². The molecule has 5 heteroatoms. The molecule has 1 atom stereocenters. The summed E-state index contributed by atoms with van der Waals surface area (Å²) in [7, 11) is 0. The minimum absolute atomic E-state index is 0.297. The third-order valence-corrected chi connectivity index (χ3v) is 6.32. The summed E-state index contributed by atoms with van der Waals surface area (Å²) in [6, 6.07) is 10.7. The maximum atomic E-state index is 5.89. The average Bonchev–Trinajstić information content (AvgIpc) is 3.34. The molecule has 0 spiro atoms. The number of aromatic nitrogens is 1. The first-order valence-corrected chi connectivity index (χ1v) is 10.4. The first kappa shape index (κ1) is 16.8. The lowest BCUT2D eigenvalue weighted by molar-refractivity contribution is 0.0968. The second-order valence-electron chi connectivity index (χ2n) is 6.53. The van der Waals surface area contributed by atoms with Crippen LogP contribution in [0.3, 0.4) is 0 Å². The van der Waals surface area contributed by atoms with Crippen LogP contribution < -0.4 is 4.80 Å². The van der Waals surface area contributed by atoms with Crippen LogP contribution in [-0.4, -0.2) is 17.3 Å². The highest BCUT2D eigenvalue weighted by atomic mass is 32.1. The Kier molecular flexibility index (Phi) is 4.88. The monoisotopic (exact) mass is 370 g/mol. The van der Waals surface area contributed by atoms with Gasteiger partial charge in [0.1, 0.15) is 0 Å². The lowest BCUT2D eigenvalue weighted by Crippen LogP contribution is -2.23. The molecule has 3 heterocycles. The zero-order chi connectivity index (χ0) is 17.2. The molecule has 1 fully saturated rings. The van der Waals surface area contributed by atoms with Gasteiger partial charge in [0.25, 0.3) is 0 Å². The number of thiazole rings is 1. The van der Waals surface area contributed by atoms with Crippen molar-refractivity contribution in [3.63, 3.8) is 0 Å². The largest absolute Gasteiger partial charge is 0.376 e. The van der Waals surface area contributed by atoms with Crippen molar-refractivity contribution < 1.29 is 4.74 Å². The van der Waals surface area contributed by atoms with E-state index < -0.39 is 0 Å². The summed E-state index contributed by atoms with van der Waals surface area (Å²) < 4.78 is 8.23. The number of ether oxygens (including phenoxy) is 1. The Bertz CT molecular complexity index is 916. The summed E-state index contributed by atoms with van der Waals surface area (Å²) in [4.78, 5) is 7.34. The fourth-order valence-electron chi connectivity index (χ4n) is 3.15. The van der Waals surface area contributed by atoms with Crippen molar-refractivity contribution in [3.05, 3.63) is 57.0 Å². The van der Waals surface area contributed by atoms with Crippen LogP contribution in [0.4, 0.5) is 5.69 Å². The first-order chi connectivity index (χ1) is 12.2. The minimum atomic E-state index is 0.297. The Morgan fingerprint density at radius 3 is 2.92 bits per heavy atom. The van der Waals surface area contributed by atoms with Crippen molar-refractivity contribution in [1.82, 2.24) is 4.57 Å². The van der Waals surface area contributed by atoms with Gasteiger partial charge in [0.15, 0.2) is 4.80 Å². The quantitative estimate of drug-likeness (QED) is 0.611. The van der Waals surface area contributed by atoms with E-state index in [2.05, 4.69) is 59.5 Å². The lowest BCUT2D eigenvalue weighted by Gasteiger charge is -2.13. The van der Waals surface area contributed by atoms with Crippen LogP contribution in [-0.2, 0) is 11.3 Å². The fraction of sp³-hybridized carbons (Fsp3) is 0.350. The third kappa shape index (κ3) is 3.64. The van der Waals surface area contributed by atoms with E-state index in [1.807, 2.05) is 0 Å². The van der Waals surface area contributed by atoms with Gasteiger partial charge in [0.05, 0.1) is 28.9 Å². The van der Waals surface area contributed by atoms with E-state index in [4.69, 9.17) is 9.73 Å². The molecule has 1 aliphatic rings. The molecule has 25 heavy (non-hydrogen) atoms. The van der Waals surface area contributed by atoms with Crippen LogP contribution in [0.25, 0.3) is 10.6 Å². The maximum Gasteiger partial charge on any atom is 0.190 e. The standard InChI is InChI=1S/C20H22N2OS2/c1-14-7-8-15(2)17(11-14)21-20-22(12-16-5-3-9-23-16)18(13-25-20)19-6-4-10-24-19/h4,6-8,10-11,13,16H,3,5,9,12H2,1-2H3. The molecule has 130 valence electrons. The predicted octanol–water partition coefficient (Wildman–Crippen LogP) is 5.31. The summed E-state index contributed by atoms with van der Waals surface area (Å²) in [5.74, 6) is 0. The van der Waals surface area contributed by atoms with Gasteiger partial charge in [-0.15, -0.1) is 22.7 Å². The minimum Gasteiger partial charge on any atom is -0.376 e. The smallest absolute Gasteiger partial charge is 0.190 e. The average molecular weight is 371 g/mol. The van der Waals surface area contributed by atoms with Crippen LogP contribution in [0.1, 0.15) is 24.0 Å². The zero-order valence-electron chi connectivity index (χ0n) is 14.6. The Labute approximate surface area is 156 Å². The van der Waals surface area contributed by atoms with Gasteiger partial charge in [-0.3, -0.25) is 0 Å². The number of benzene rings is 1. The molecule has 1 saturated heterocycles. The van der Waals surface area contributed by atoms with Crippen molar-refractivity contribution in [3.8, 4) is 10.6 Å². The number of thiophene rings is 1. The molecule has 0 saturated carbocycles. The van der Waals surface area contributed by atoms with Crippen LogP contribution in [0.5, 0.6) is 0 Å². The molecule has 4 rings (SSSR count). The van der Waals surface area contributed by atoms with E-state index in [1.165, 1.54) is 21.7 Å². The number of nitrogens with zero attached hydrogens (tertiary/aromatic N) is 2. The van der Waals surface area contributed by atoms with Gasteiger partial charge < -0.3 is 9.30 Å². The number of hydrogen-bond acceptors (Lipinski definition) is 4. The van der Waals surface area contributed by atoms with Crippen LogP contribution in [0.15, 0.2) is 46.1 Å². The predicted molar refractivity (Wildman–Crippen MR) is 106 cm³/mol. The molecule has 0 radical (unpaired) electrons. The van der Waals surface area contributed by atoms with Gasteiger partial charge in [-0.05, 0) is 55.3 Å². The van der Waals surface area contributed by atoms with Crippen LogP contribution >= 0.6 is 22.7 Å². The second-order valence-corrected chi connectivity index (χ2v) is 8.31. The topological polar surface area (TPSA) is 26.5 Å². The van der Waals surface area contributed by atoms with Gasteiger partial charge in [0, 0.05) is 12.0 Å². The Balaban J connectivity index is 1.81. The molecule has 2 aromatic heterocycles. The van der Waals surface area contributed by atoms with E-state index in [1.54, 1.807) is 22.7 Å². The molecule has 3 nitrogen and oxygen atoms in total. The summed E-state index contributed by atoms with van der Waals surface area (Å²) >= 11 is 3.49. The number of aryl methyl sites for hydroxylation is 2. The summed E-state index contributed by atoms with van der Waals surface area (Å²) in [5, 5.41) is 4.36. The normalized spacial score (nSPS) is 18.2. The fourth-order valence-corrected chi connectivity index (χ4v) is 4.90. The summed E-state index contributed by atoms with van der Waals surface area (Å²) in [6.07, 6.45) is 2.59.